The molecule has 10 heteroatoms. The van der Waals surface area contributed by atoms with Gasteiger partial charge in [0.1, 0.15) is 0 Å². The highest BCUT2D eigenvalue weighted by molar-refractivity contribution is 6.05. The number of carbonyl (C=O) groups excluding carboxylic acids is 2. The number of aryl methyl sites for hydroxylation is 3. The number of aromatic nitrogens is 4. The van der Waals surface area contributed by atoms with Gasteiger partial charge >= 0.3 is 0 Å². The minimum atomic E-state index is -0.611. The van der Waals surface area contributed by atoms with E-state index in [-0.39, 0.29) is 24.1 Å². The van der Waals surface area contributed by atoms with E-state index in [1.54, 1.807) is 31.2 Å². The highest BCUT2D eigenvalue weighted by Crippen LogP contribution is 2.13. The Balaban J connectivity index is 1.63. The van der Waals surface area contributed by atoms with Gasteiger partial charge in [0.15, 0.2) is 11.5 Å². The van der Waals surface area contributed by atoms with E-state index in [1.165, 1.54) is 4.68 Å². The van der Waals surface area contributed by atoms with Crippen LogP contribution in [-0.2, 0) is 24.2 Å². The van der Waals surface area contributed by atoms with Crippen LogP contribution in [0.5, 0.6) is 0 Å². The molecule has 0 unspecified atom stereocenters. The average Bonchev–Trinajstić information content (AvgIpc) is 3.19. The topological polar surface area (TPSA) is 132 Å². The Bertz CT molecular complexity index is 1090. The van der Waals surface area contributed by atoms with Crippen molar-refractivity contribution in [3.8, 4) is 0 Å². The molecule has 0 saturated carbocycles. The maximum atomic E-state index is 12.5. The minimum absolute atomic E-state index is 0.0588. The van der Waals surface area contributed by atoms with Crippen LogP contribution in [0.4, 0.5) is 0 Å². The summed E-state index contributed by atoms with van der Waals surface area (Å²) in [5.41, 5.74) is 4.47. The molecule has 0 saturated heterocycles. The van der Waals surface area contributed by atoms with Crippen molar-refractivity contribution in [2.45, 2.75) is 46.1 Å². The third-order valence-electron chi connectivity index (χ3n) is 4.25. The number of hydrogen-bond donors (Lipinski definition) is 2. The summed E-state index contributed by atoms with van der Waals surface area (Å²) in [6.07, 6.45) is 1.95. The number of amides is 2. The lowest BCUT2D eigenvalue weighted by Crippen LogP contribution is -2.42. The van der Waals surface area contributed by atoms with E-state index in [0.29, 0.717) is 35.5 Å². The molecule has 29 heavy (non-hydrogen) atoms. The summed E-state index contributed by atoms with van der Waals surface area (Å²) in [5.74, 6) is -0.0423. The highest BCUT2D eigenvalue weighted by atomic mass is 16.5. The Labute approximate surface area is 166 Å². The second-order valence-corrected chi connectivity index (χ2v) is 6.37. The first-order valence-electron chi connectivity index (χ1n) is 9.44. The summed E-state index contributed by atoms with van der Waals surface area (Å²) < 4.78 is 6.29. The lowest BCUT2D eigenvalue weighted by Gasteiger charge is -2.10. The molecule has 10 nitrogen and oxygen atoms in total. The Hall–Kier alpha value is -3.56. The predicted molar refractivity (Wildman–Crippen MR) is 104 cm³/mol. The molecule has 0 aliphatic carbocycles. The van der Waals surface area contributed by atoms with E-state index < -0.39 is 11.8 Å². The molecule has 0 aliphatic heterocycles. The van der Waals surface area contributed by atoms with Gasteiger partial charge in [-0.3, -0.25) is 25.2 Å². The number of carbonyl (C=O) groups is 2. The van der Waals surface area contributed by atoms with E-state index in [2.05, 4.69) is 26.1 Å². The lowest BCUT2D eigenvalue weighted by atomic mass is 10.1. The molecule has 0 fully saturated rings. The molecule has 2 heterocycles. The number of hydrazine groups is 1. The van der Waals surface area contributed by atoms with Crippen molar-refractivity contribution >= 4 is 22.6 Å². The van der Waals surface area contributed by atoms with Crippen LogP contribution in [0.2, 0.25) is 0 Å². The Morgan fingerprint density at radius 3 is 2.59 bits per heavy atom. The lowest BCUT2D eigenvalue weighted by molar-refractivity contribution is -0.121. The monoisotopic (exact) mass is 398 g/mol. The van der Waals surface area contributed by atoms with Crippen LogP contribution in [0.1, 0.15) is 48.9 Å². The summed E-state index contributed by atoms with van der Waals surface area (Å²) in [6, 6.07) is 6.71. The molecule has 2 amide bonds. The van der Waals surface area contributed by atoms with Crippen molar-refractivity contribution in [1.29, 1.82) is 0 Å². The van der Waals surface area contributed by atoms with E-state index in [1.807, 2.05) is 6.92 Å². The third kappa shape index (κ3) is 4.65. The van der Waals surface area contributed by atoms with Crippen molar-refractivity contribution in [1.82, 2.24) is 30.8 Å². The van der Waals surface area contributed by atoms with Crippen LogP contribution in [0.15, 0.2) is 33.6 Å². The van der Waals surface area contributed by atoms with Crippen molar-refractivity contribution in [3.05, 3.63) is 52.0 Å². The van der Waals surface area contributed by atoms with Gasteiger partial charge in [0.05, 0.1) is 5.39 Å². The zero-order chi connectivity index (χ0) is 20.8. The van der Waals surface area contributed by atoms with Crippen molar-refractivity contribution < 1.29 is 14.1 Å². The fourth-order valence-corrected chi connectivity index (χ4v) is 2.80. The van der Waals surface area contributed by atoms with Gasteiger partial charge in [-0.05, 0) is 19.4 Å². The quantitative estimate of drug-likeness (QED) is 0.571. The summed E-state index contributed by atoms with van der Waals surface area (Å²) in [5, 5.41) is 8.75. The molecule has 2 N–H and O–H groups in total. The van der Waals surface area contributed by atoms with Gasteiger partial charge in [0.25, 0.3) is 11.5 Å². The number of rotatable bonds is 7. The van der Waals surface area contributed by atoms with Crippen LogP contribution >= 0.6 is 0 Å². The zero-order valence-electron chi connectivity index (χ0n) is 16.3. The SMILES string of the molecule is CCCc1noc(CCC(=O)NNC(=O)c2nn(CC)c(=O)c3ccccc23)n1. The molecule has 2 aromatic heterocycles. The van der Waals surface area contributed by atoms with E-state index in [9.17, 15) is 14.4 Å². The fraction of sp³-hybridized carbons (Fsp3) is 0.368. The summed E-state index contributed by atoms with van der Waals surface area (Å²) >= 11 is 0. The van der Waals surface area contributed by atoms with Gasteiger partial charge in [-0.15, -0.1) is 0 Å². The fourth-order valence-electron chi connectivity index (χ4n) is 2.80. The molecule has 0 radical (unpaired) electrons. The number of hydrogen-bond acceptors (Lipinski definition) is 7. The zero-order valence-corrected chi connectivity index (χ0v) is 16.3. The molecule has 0 atom stereocenters. The molecule has 1 aromatic carbocycles. The van der Waals surface area contributed by atoms with Gasteiger partial charge in [-0.25, -0.2) is 4.68 Å². The maximum Gasteiger partial charge on any atom is 0.290 e. The first-order chi connectivity index (χ1) is 14.0. The summed E-state index contributed by atoms with van der Waals surface area (Å²) in [4.78, 5) is 41.1. The van der Waals surface area contributed by atoms with E-state index in [0.717, 1.165) is 6.42 Å². The summed E-state index contributed by atoms with van der Waals surface area (Å²) in [6.45, 7) is 4.09. The second kappa shape index (κ2) is 9.09. The van der Waals surface area contributed by atoms with Crippen LogP contribution in [0.3, 0.4) is 0 Å². The molecule has 152 valence electrons. The van der Waals surface area contributed by atoms with Crippen LogP contribution in [-0.4, -0.2) is 31.7 Å². The van der Waals surface area contributed by atoms with Crippen LogP contribution < -0.4 is 16.4 Å². The van der Waals surface area contributed by atoms with E-state index >= 15 is 0 Å². The Morgan fingerprint density at radius 1 is 1.10 bits per heavy atom. The molecular weight excluding hydrogens is 376 g/mol. The van der Waals surface area contributed by atoms with Gasteiger partial charge in [0.2, 0.25) is 11.8 Å². The number of nitrogens with zero attached hydrogens (tertiary/aromatic N) is 4. The number of fused-ring (bicyclic) bond motifs is 1. The minimum Gasteiger partial charge on any atom is -0.339 e. The maximum absolute atomic E-state index is 12.5. The first kappa shape index (κ1) is 20.2. The van der Waals surface area contributed by atoms with E-state index in [4.69, 9.17) is 4.52 Å². The van der Waals surface area contributed by atoms with Gasteiger partial charge in [-0.2, -0.15) is 10.1 Å². The number of benzene rings is 1. The standard InChI is InChI=1S/C19H22N6O4/c1-3-7-14-20-16(29-24-14)11-10-15(26)21-22-18(27)17-12-8-5-6-9-13(12)19(28)25(4-2)23-17/h5-6,8-9H,3-4,7,10-11H2,1-2H3,(H,21,26)(H,22,27). The van der Waals surface area contributed by atoms with Crippen molar-refractivity contribution in [2.75, 3.05) is 0 Å². The van der Waals surface area contributed by atoms with Gasteiger partial charge in [0, 0.05) is 31.2 Å². The van der Waals surface area contributed by atoms with Gasteiger partial charge < -0.3 is 4.52 Å². The largest absolute Gasteiger partial charge is 0.339 e. The van der Waals surface area contributed by atoms with Crippen molar-refractivity contribution in [3.63, 3.8) is 0 Å². The van der Waals surface area contributed by atoms with Crippen LogP contribution in [0, 0.1) is 0 Å². The Morgan fingerprint density at radius 2 is 1.86 bits per heavy atom. The number of nitrogens with one attached hydrogen (secondary N) is 2. The summed E-state index contributed by atoms with van der Waals surface area (Å²) in [7, 11) is 0. The normalized spacial score (nSPS) is 10.8. The third-order valence-corrected chi connectivity index (χ3v) is 4.25. The highest BCUT2D eigenvalue weighted by Gasteiger charge is 2.17. The van der Waals surface area contributed by atoms with Crippen LogP contribution in [0.25, 0.3) is 10.8 Å². The molecular formula is C19H22N6O4. The average molecular weight is 398 g/mol. The molecule has 3 rings (SSSR count). The first-order valence-corrected chi connectivity index (χ1v) is 9.44. The predicted octanol–water partition coefficient (Wildman–Crippen LogP) is 1.15. The van der Waals surface area contributed by atoms with Crippen molar-refractivity contribution in [2.24, 2.45) is 0 Å². The van der Waals surface area contributed by atoms with Gasteiger partial charge in [-0.1, -0.05) is 30.3 Å². The molecule has 0 spiro atoms. The smallest absolute Gasteiger partial charge is 0.290 e. The molecule has 0 bridgehead atoms. The molecule has 0 aliphatic rings. The molecule has 3 aromatic rings. The Kier molecular flexibility index (Phi) is 6.32. The second-order valence-electron chi connectivity index (χ2n) is 6.37.